The molecule has 2 aromatic carbocycles. The van der Waals surface area contributed by atoms with Crippen LogP contribution in [0.25, 0.3) is 0 Å². The summed E-state index contributed by atoms with van der Waals surface area (Å²) in [5.41, 5.74) is 4.39. The first-order chi connectivity index (χ1) is 12.6. The van der Waals surface area contributed by atoms with Crippen molar-refractivity contribution in [2.24, 2.45) is 0 Å². The van der Waals surface area contributed by atoms with E-state index in [4.69, 9.17) is 0 Å². The molecule has 1 atom stereocenters. The molecule has 1 heterocycles. The van der Waals surface area contributed by atoms with E-state index in [1.54, 1.807) is 11.1 Å². The van der Waals surface area contributed by atoms with Crippen LogP contribution >= 0.6 is 0 Å². The SMILES string of the molecule is Cc1ccccc1[C@@H](CC(=O)N(C)Cc1ccncn1)c1ccccc1. The van der Waals surface area contributed by atoms with Crippen LogP contribution in [0.15, 0.2) is 73.2 Å². The molecule has 4 heteroatoms. The Hall–Kier alpha value is -3.01. The number of aryl methyl sites for hydroxylation is 1. The standard InChI is InChI=1S/C22H23N3O/c1-17-8-6-7-11-20(17)21(18-9-4-3-5-10-18)14-22(26)25(2)15-19-12-13-23-16-24-19/h3-13,16,21H,14-15H2,1-2H3/t21-/m0/s1. The molecule has 0 fully saturated rings. The number of benzene rings is 2. The second-order valence-electron chi connectivity index (χ2n) is 6.47. The summed E-state index contributed by atoms with van der Waals surface area (Å²) in [5.74, 6) is 0.137. The van der Waals surface area contributed by atoms with Crippen molar-refractivity contribution >= 4 is 5.91 Å². The zero-order valence-electron chi connectivity index (χ0n) is 15.2. The Morgan fingerprint density at radius 2 is 1.77 bits per heavy atom. The van der Waals surface area contributed by atoms with Crippen LogP contribution in [0.3, 0.4) is 0 Å². The number of amides is 1. The van der Waals surface area contributed by atoms with E-state index in [1.807, 2.05) is 43.4 Å². The third-order valence-electron chi connectivity index (χ3n) is 4.61. The molecular formula is C22H23N3O. The van der Waals surface area contributed by atoms with Gasteiger partial charge in [0.15, 0.2) is 0 Å². The summed E-state index contributed by atoms with van der Waals surface area (Å²) in [6.45, 7) is 2.58. The van der Waals surface area contributed by atoms with Crippen molar-refractivity contribution in [1.82, 2.24) is 14.9 Å². The molecule has 0 aliphatic heterocycles. The molecule has 132 valence electrons. The molecule has 0 saturated carbocycles. The fourth-order valence-corrected chi connectivity index (χ4v) is 3.14. The average Bonchev–Trinajstić information content (AvgIpc) is 2.68. The zero-order valence-corrected chi connectivity index (χ0v) is 15.2. The van der Waals surface area contributed by atoms with Crippen LogP contribution in [0.5, 0.6) is 0 Å². The number of nitrogens with zero attached hydrogens (tertiary/aromatic N) is 3. The van der Waals surface area contributed by atoms with Gasteiger partial charge in [-0.3, -0.25) is 4.79 Å². The third kappa shape index (κ3) is 4.33. The molecule has 3 rings (SSSR count). The van der Waals surface area contributed by atoms with Crippen LogP contribution in [-0.4, -0.2) is 27.8 Å². The number of carbonyl (C=O) groups excluding carboxylic acids is 1. The van der Waals surface area contributed by atoms with Crippen LogP contribution < -0.4 is 0 Å². The third-order valence-corrected chi connectivity index (χ3v) is 4.61. The van der Waals surface area contributed by atoms with Crippen LogP contribution in [-0.2, 0) is 11.3 Å². The number of carbonyl (C=O) groups is 1. The van der Waals surface area contributed by atoms with Gasteiger partial charge in [-0.1, -0.05) is 54.6 Å². The quantitative estimate of drug-likeness (QED) is 0.679. The number of aromatic nitrogens is 2. The molecule has 0 aliphatic carbocycles. The van der Waals surface area contributed by atoms with E-state index in [2.05, 4.69) is 41.2 Å². The monoisotopic (exact) mass is 345 g/mol. The number of hydrogen-bond donors (Lipinski definition) is 0. The second-order valence-corrected chi connectivity index (χ2v) is 6.47. The molecule has 0 radical (unpaired) electrons. The summed E-state index contributed by atoms with van der Waals surface area (Å²) in [7, 11) is 1.82. The minimum atomic E-state index is 0.0396. The summed E-state index contributed by atoms with van der Waals surface area (Å²) in [6.07, 6.45) is 3.63. The zero-order chi connectivity index (χ0) is 18.4. The minimum Gasteiger partial charge on any atom is -0.340 e. The van der Waals surface area contributed by atoms with E-state index in [-0.39, 0.29) is 11.8 Å². The van der Waals surface area contributed by atoms with Crippen molar-refractivity contribution in [3.05, 3.63) is 95.6 Å². The van der Waals surface area contributed by atoms with Gasteiger partial charge >= 0.3 is 0 Å². The maximum atomic E-state index is 12.9. The molecule has 4 nitrogen and oxygen atoms in total. The molecule has 3 aromatic rings. The number of hydrogen-bond acceptors (Lipinski definition) is 3. The van der Waals surface area contributed by atoms with Crippen molar-refractivity contribution in [3.63, 3.8) is 0 Å². The predicted octanol–water partition coefficient (Wildman–Crippen LogP) is 3.97. The fraction of sp³-hybridized carbons (Fsp3) is 0.227. The first-order valence-corrected chi connectivity index (χ1v) is 8.74. The Morgan fingerprint density at radius 3 is 2.46 bits per heavy atom. The van der Waals surface area contributed by atoms with Gasteiger partial charge < -0.3 is 4.90 Å². The molecule has 0 N–H and O–H groups in total. The maximum absolute atomic E-state index is 12.9. The van der Waals surface area contributed by atoms with E-state index in [1.165, 1.54) is 17.5 Å². The van der Waals surface area contributed by atoms with Crippen LogP contribution in [0, 0.1) is 6.92 Å². The van der Waals surface area contributed by atoms with E-state index < -0.39 is 0 Å². The first-order valence-electron chi connectivity index (χ1n) is 8.74. The summed E-state index contributed by atoms with van der Waals surface area (Å²) < 4.78 is 0. The smallest absolute Gasteiger partial charge is 0.223 e. The Labute approximate surface area is 154 Å². The molecule has 0 bridgehead atoms. The lowest BCUT2D eigenvalue weighted by molar-refractivity contribution is -0.130. The number of rotatable bonds is 6. The van der Waals surface area contributed by atoms with Crippen LogP contribution in [0.2, 0.25) is 0 Å². The highest BCUT2D eigenvalue weighted by Gasteiger charge is 2.21. The summed E-state index contributed by atoms with van der Waals surface area (Å²) >= 11 is 0. The molecule has 1 amide bonds. The lowest BCUT2D eigenvalue weighted by atomic mass is 9.85. The van der Waals surface area contributed by atoms with Crippen molar-refractivity contribution in [1.29, 1.82) is 0 Å². The van der Waals surface area contributed by atoms with Gasteiger partial charge in [0.25, 0.3) is 0 Å². The summed E-state index contributed by atoms with van der Waals surface area (Å²) in [4.78, 5) is 22.8. The highest BCUT2D eigenvalue weighted by atomic mass is 16.2. The van der Waals surface area contributed by atoms with Gasteiger partial charge in [0.2, 0.25) is 5.91 Å². The van der Waals surface area contributed by atoms with Crippen molar-refractivity contribution < 1.29 is 4.79 Å². The van der Waals surface area contributed by atoms with Gasteiger partial charge in [-0.2, -0.15) is 0 Å². The first kappa shape index (κ1) is 17.8. The normalized spacial score (nSPS) is 11.8. The lowest BCUT2D eigenvalue weighted by Gasteiger charge is -2.23. The van der Waals surface area contributed by atoms with Gasteiger partial charge in [0, 0.05) is 25.6 Å². The molecule has 26 heavy (non-hydrogen) atoms. The highest BCUT2D eigenvalue weighted by molar-refractivity contribution is 5.77. The average molecular weight is 345 g/mol. The van der Waals surface area contributed by atoms with Crippen LogP contribution in [0.4, 0.5) is 0 Å². The summed E-state index contributed by atoms with van der Waals surface area (Å²) in [5, 5.41) is 0. The predicted molar refractivity (Wildman–Crippen MR) is 103 cm³/mol. The Bertz CT molecular complexity index is 850. The van der Waals surface area contributed by atoms with Crippen molar-refractivity contribution in [3.8, 4) is 0 Å². The fourth-order valence-electron chi connectivity index (χ4n) is 3.14. The maximum Gasteiger partial charge on any atom is 0.223 e. The Kier molecular flexibility index (Phi) is 5.74. The Morgan fingerprint density at radius 1 is 1.04 bits per heavy atom. The van der Waals surface area contributed by atoms with E-state index in [0.29, 0.717) is 13.0 Å². The van der Waals surface area contributed by atoms with Crippen molar-refractivity contribution in [2.45, 2.75) is 25.8 Å². The molecule has 1 aromatic heterocycles. The van der Waals surface area contributed by atoms with E-state index in [9.17, 15) is 4.79 Å². The largest absolute Gasteiger partial charge is 0.340 e. The molecule has 0 saturated heterocycles. The van der Waals surface area contributed by atoms with Gasteiger partial charge in [0.05, 0.1) is 12.2 Å². The van der Waals surface area contributed by atoms with Gasteiger partial charge in [-0.15, -0.1) is 0 Å². The Balaban J connectivity index is 1.82. The van der Waals surface area contributed by atoms with E-state index >= 15 is 0 Å². The summed E-state index contributed by atoms with van der Waals surface area (Å²) in [6, 6.07) is 20.3. The topological polar surface area (TPSA) is 46.1 Å². The van der Waals surface area contributed by atoms with E-state index in [0.717, 1.165) is 11.3 Å². The second kappa shape index (κ2) is 8.39. The molecule has 0 aliphatic rings. The molecule has 0 unspecified atom stereocenters. The molecular weight excluding hydrogens is 322 g/mol. The van der Waals surface area contributed by atoms with Gasteiger partial charge in [-0.25, -0.2) is 9.97 Å². The lowest BCUT2D eigenvalue weighted by Crippen LogP contribution is -2.28. The highest BCUT2D eigenvalue weighted by Crippen LogP contribution is 2.30. The minimum absolute atomic E-state index is 0.0396. The van der Waals surface area contributed by atoms with Gasteiger partial charge in [0.1, 0.15) is 6.33 Å². The molecule has 0 spiro atoms. The van der Waals surface area contributed by atoms with Crippen molar-refractivity contribution in [2.75, 3.05) is 7.05 Å². The van der Waals surface area contributed by atoms with Gasteiger partial charge in [-0.05, 0) is 29.7 Å². The van der Waals surface area contributed by atoms with Crippen LogP contribution in [0.1, 0.15) is 34.7 Å².